The van der Waals surface area contributed by atoms with Crippen LogP contribution in [0.4, 0.5) is 0 Å². The molecule has 2 rings (SSSR count). The largest absolute Gasteiger partial charge is 0.488 e. The maximum absolute atomic E-state index is 5.89. The lowest BCUT2D eigenvalue weighted by Gasteiger charge is -2.12. The minimum atomic E-state index is 0.176. The van der Waals surface area contributed by atoms with Gasteiger partial charge in [-0.3, -0.25) is 0 Å². The van der Waals surface area contributed by atoms with Gasteiger partial charge in [0.2, 0.25) is 0 Å². The Hall–Kier alpha value is -2.30. The summed E-state index contributed by atoms with van der Waals surface area (Å²) in [5.74, 6) is 1.43. The van der Waals surface area contributed by atoms with Crippen molar-refractivity contribution in [3.8, 4) is 11.5 Å². The molecule has 0 aliphatic carbocycles. The summed E-state index contributed by atoms with van der Waals surface area (Å²) in [5, 5.41) is 0. The van der Waals surface area contributed by atoms with Gasteiger partial charge >= 0.3 is 0 Å². The molecule has 0 N–H and O–H groups in total. The summed E-state index contributed by atoms with van der Waals surface area (Å²) in [6, 6.07) is 15.6. The van der Waals surface area contributed by atoms with E-state index < -0.39 is 0 Å². The molecule has 0 saturated heterocycles. The number of methoxy groups -OCH3 is 1. The van der Waals surface area contributed by atoms with Crippen molar-refractivity contribution in [3.05, 3.63) is 66.2 Å². The van der Waals surface area contributed by atoms with Crippen LogP contribution in [0.15, 0.2) is 55.1 Å². The van der Waals surface area contributed by atoms with Crippen molar-refractivity contribution in [3.63, 3.8) is 0 Å². The van der Waals surface area contributed by atoms with E-state index in [1.54, 1.807) is 13.2 Å². The van der Waals surface area contributed by atoms with Gasteiger partial charge in [-0.2, -0.15) is 0 Å². The third kappa shape index (κ3) is 5.77. The monoisotopic (exact) mass is 314 g/mol. The van der Waals surface area contributed by atoms with Crippen molar-refractivity contribution in [1.82, 2.24) is 0 Å². The molecule has 4 heteroatoms. The zero-order valence-corrected chi connectivity index (χ0v) is 13.4. The van der Waals surface area contributed by atoms with Gasteiger partial charge in [0.05, 0.1) is 13.2 Å². The van der Waals surface area contributed by atoms with E-state index in [1.807, 2.05) is 48.5 Å². The van der Waals surface area contributed by atoms with Crippen LogP contribution < -0.4 is 9.47 Å². The Morgan fingerprint density at radius 3 is 2.57 bits per heavy atom. The third-order valence-electron chi connectivity index (χ3n) is 3.18. The first-order chi connectivity index (χ1) is 11.3. The second kappa shape index (κ2) is 9.66. The molecular formula is C19H22O4. The van der Waals surface area contributed by atoms with E-state index in [2.05, 4.69) is 6.58 Å². The molecule has 0 fully saturated rings. The van der Waals surface area contributed by atoms with Gasteiger partial charge in [0.15, 0.2) is 6.79 Å². The fourth-order valence-corrected chi connectivity index (χ4v) is 1.94. The Morgan fingerprint density at radius 1 is 1.00 bits per heavy atom. The van der Waals surface area contributed by atoms with E-state index in [0.29, 0.717) is 25.6 Å². The van der Waals surface area contributed by atoms with Crippen LogP contribution in [0.5, 0.6) is 11.5 Å². The summed E-state index contributed by atoms with van der Waals surface area (Å²) >= 11 is 0. The van der Waals surface area contributed by atoms with E-state index in [-0.39, 0.29) is 6.79 Å². The number of rotatable bonds is 10. The van der Waals surface area contributed by atoms with Crippen LogP contribution in [0.25, 0.3) is 6.08 Å². The number of benzene rings is 2. The fraction of sp³-hybridized carbons (Fsp3) is 0.263. The van der Waals surface area contributed by atoms with Crippen LogP contribution in [-0.2, 0) is 16.1 Å². The van der Waals surface area contributed by atoms with E-state index in [4.69, 9.17) is 18.9 Å². The van der Waals surface area contributed by atoms with Gasteiger partial charge in [-0.15, -0.1) is 0 Å². The Morgan fingerprint density at radius 2 is 1.83 bits per heavy atom. The van der Waals surface area contributed by atoms with Gasteiger partial charge in [0, 0.05) is 18.7 Å². The molecule has 2 aromatic rings. The highest BCUT2D eigenvalue weighted by Gasteiger charge is 2.05. The average Bonchev–Trinajstić information content (AvgIpc) is 2.61. The lowest BCUT2D eigenvalue weighted by atomic mass is 10.2. The van der Waals surface area contributed by atoms with Gasteiger partial charge in [0.1, 0.15) is 18.1 Å². The molecule has 0 bridgehead atoms. The van der Waals surface area contributed by atoms with Crippen molar-refractivity contribution in [1.29, 1.82) is 0 Å². The molecule has 23 heavy (non-hydrogen) atoms. The average molecular weight is 314 g/mol. The molecule has 0 unspecified atom stereocenters. The minimum Gasteiger partial charge on any atom is -0.488 e. The Bertz CT molecular complexity index is 596. The van der Waals surface area contributed by atoms with Crippen molar-refractivity contribution in [2.75, 3.05) is 27.1 Å². The zero-order chi connectivity index (χ0) is 16.3. The van der Waals surface area contributed by atoms with Gasteiger partial charge in [-0.1, -0.05) is 43.0 Å². The molecule has 0 aliphatic rings. The number of hydrogen-bond donors (Lipinski definition) is 0. The highest BCUT2D eigenvalue weighted by molar-refractivity contribution is 5.57. The normalized spacial score (nSPS) is 10.3. The van der Waals surface area contributed by atoms with Gasteiger partial charge < -0.3 is 18.9 Å². The fourth-order valence-electron chi connectivity index (χ4n) is 1.94. The predicted molar refractivity (Wildman–Crippen MR) is 90.6 cm³/mol. The second-order valence-electron chi connectivity index (χ2n) is 4.84. The summed E-state index contributed by atoms with van der Waals surface area (Å²) in [7, 11) is 1.63. The quantitative estimate of drug-likeness (QED) is 0.492. The van der Waals surface area contributed by atoms with Gasteiger partial charge in [0.25, 0.3) is 0 Å². The molecular weight excluding hydrogens is 292 g/mol. The van der Waals surface area contributed by atoms with E-state index in [9.17, 15) is 0 Å². The molecule has 0 saturated carbocycles. The smallest absolute Gasteiger partial charge is 0.189 e. The molecule has 0 spiro atoms. The van der Waals surface area contributed by atoms with Crippen LogP contribution in [0.2, 0.25) is 0 Å². The standard InChI is InChI=1S/C19H22O4/c1-3-17-9-10-18(23-15-21-12-11-20-2)13-19(17)22-14-16-7-5-4-6-8-16/h3-10,13H,1,11-12,14-15H2,2H3. The van der Waals surface area contributed by atoms with Crippen LogP contribution in [0.1, 0.15) is 11.1 Å². The maximum Gasteiger partial charge on any atom is 0.189 e. The number of hydrogen-bond acceptors (Lipinski definition) is 4. The highest BCUT2D eigenvalue weighted by Crippen LogP contribution is 2.26. The topological polar surface area (TPSA) is 36.9 Å². The van der Waals surface area contributed by atoms with Crippen molar-refractivity contribution in [2.24, 2.45) is 0 Å². The van der Waals surface area contributed by atoms with E-state index in [1.165, 1.54) is 0 Å². The first-order valence-corrected chi connectivity index (χ1v) is 7.46. The van der Waals surface area contributed by atoms with Crippen molar-refractivity contribution < 1.29 is 18.9 Å². The molecule has 0 aliphatic heterocycles. The first kappa shape index (κ1) is 17.1. The zero-order valence-electron chi connectivity index (χ0n) is 13.4. The molecule has 2 aromatic carbocycles. The first-order valence-electron chi connectivity index (χ1n) is 7.46. The minimum absolute atomic E-state index is 0.176. The summed E-state index contributed by atoms with van der Waals surface area (Å²) in [6.45, 7) is 5.53. The molecule has 0 radical (unpaired) electrons. The summed E-state index contributed by atoms with van der Waals surface area (Å²) in [5.41, 5.74) is 2.03. The molecule has 0 heterocycles. The predicted octanol–water partition coefficient (Wildman–Crippen LogP) is 3.91. The molecule has 4 nitrogen and oxygen atoms in total. The Kier molecular flexibility index (Phi) is 7.17. The van der Waals surface area contributed by atoms with Crippen LogP contribution in [0, 0.1) is 0 Å². The van der Waals surface area contributed by atoms with E-state index in [0.717, 1.165) is 16.9 Å². The maximum atomic E-state index is 5.89. The Balaban J connectivity index is 1.94. The van der Waals surface area contributed by atoms with Crippen molar-refractivity contribution >= 4 is 6.08 Å². The lowest BCUT2D eigenvalue weighted by Crippen LogP contribution is -2.08. The number of ether oxygens (including phenoxy) is 4. The molecule has 0 aromatic heterocycles. The van der Waals surface area contributed by atoms with Crippen molar-refractivity contribution in [2.45, 2.75) is 6.61 Å². The molecule has 0 amide bonds. The second-order valence-corrected chi connectivity index (χ2v) is 4.84. The summed E-state index contributed by atoms with van der Waals surface area (Å²) < 4.78 is 21.6. The highest BCUT2D eigenvalue weighted by atomic mass is 16.7. The Labute approximate surface area is 137 Å². The van der Waals surface area contributed by atoms with Crippen LogP contribution in [0.3, 0.4) is 0 Å². The SMILES string of the molecule is C=Cc1ccc(OCOCCOC)cc1OCc1ccccc1. The summed E-state index contributed by atoms with van der Waals surface area (Å²) in [6.07, 6.45) is 1.76. The van der Waals surface area contributed by atoms with E-state index >= 15 is 0 Å². The van der Waals surface area contributed by atoms with Gasteiger partial charge in [-0.05, 0) is 17.7 Å². The lowest BCUT2D eigenvalue weighted by molar-refractivity contribution is -0.00856. The van der Waals surface area contributed by atoms with Gasteiger partial charge in [-0.25, -0.2) is 0 Å². The molecule has 122 valence electrons. The molecule has 0 atom stereocenters. The van der Waals surface area contributed by atoms with Crippen LogP contribution in [-0.4, -0.2) is 27.1 Å². The third-order valence-corrected chi connectivity index (χ3v) is 3.18. The summed E-state index contributed by atoms with van der Waals surface area (Å²) in [4.78, 5) is 0. The van der Waals surface area contributed by atoms with Crippen LogP contribution >= 0.6 is 0 Å².